The highest BCUT2D eigenvalue weighted by molar-refractivity contribution is 6.07. The number of hydrogen-bond donors (Lipinski definition) is 1. The lowest BCUT2D eigenvalue weighted by Gasteiger charge is -2.29. The van der Waals surface area contributed by atoms with Crippen LogP contribution in [0.15, 0.2) is 42.6 Å². The van der Waals surface area contributed by atoms with Gasteiger partial charge in [-0.15, -0.1) is 0 Å². The molecule has 1 N–H and O–H groups in total. The maximum absolute atomic E-state index is 13.1. The predicted molar refractivity (Wildman–Crippen MR) is 108 cm³/mol. The van der Waals surface area contributed by atoms with Gasteiger partial charge in [-0.2, -0.15) is 5.10 Å². The first-order chi connectivity index (χ1) is 13.6. The lowest BCUT2D eigenvalue weighted by molar-refractivity contribution is 0.0342. The molecular formula is C21H25N5O2. The SMILES string of the molecule is C[C@H](CN1CCOCC1)NC(=O)c1cc(-c2ccnn2C)nc2ccccc12. The fourth-order valence-electron chi connectivity index (χ4n) is 3.64. The van der Waals surface area contributed by atoms with Crippen LogP contribution >= 0.6 is 0 Å². The van der Waals surface area contributed by atoms with Gasteiger partial charge in [0.2, 0.25) is 0 Å². The van der Waals surface area contributed by atoms with Crippen LogP contribution in [0, 0.1) is 0 Å². The molecule has 3 aromatic rings. The number of fused-ring (bicyclic) bond motifs is 1. The van der Waals surface area contributed by atoms with Gasteiger partial charge < -0.3 is 10.1 Å². The molecule has 1 aliphatic rings. The predicted octanol–water partition coefficient (Wildman–Crippen LogP) is 2.09. The largest absolute Gasteiger partial charge is 0.379 e. The van der Waals surface area contributed by atoms with E-state index in [1.807, 2.05) is 50.4 Å². The van der Waals surface area contributed by atoms with Crippen LogP contribution in [-0.2, 0) is 11.8 Å². The van der Waals surface area contributed by atoms with E-state index in [0.29, 0.717) is 5.56 Å². The number of hydrogen-bond acceptors (Lipinski definition) is 5. The van der Waals surface area contributed by atoms with Crippen molar-refractivity contribution in [1.82, 2.24) is 25.0 Å². The van der Waals surface area contributed by atoms with E-state index in [1.165, 1.54) is 0 Å². The minimum atomic E-state index is -0.0808. The second-order valence-corrected chi connectivity index (χ2v) is 7.20. The molecule has 146 valence electrons. The zero-order valence-electron chi connectivity index (χ0n) is 16.3. The smallest absolute Gasteiger partial charge is 0.252 e. The Morgan fingerprint density at radius 2 is 2.04 bits per heavy atom. The first kappa shape index (κ1) is 18.6. The van der Waals surface area contributed by atoms with Crippen molar-refractivity contribution in [3.63, 3.8) is 0 Å². The van der Waals surface area contributed by atoms with Crippen LogP contribution in [0.5, 0.6) is 0 Å². The van der Waals surface area contributed by atoms with Crippen molar-refractivity contribution < 1.29 is 9.53 Å². The van der Waals surface area contributed by atoms with Gasteiger partial charge in [-0.25, -0.2) is 4.98 Å². The molecule has 7 nitrogen and oxygen atoms in total. The van der Waals surface area contributed by atoms with Gasteiger partial charge >= 0.3 is 0 Å². The van der Waals surface area contributed by atoms with Crippen LogP contribution < -0.4 is 5.32 Å². The molecule has 0 radical (unpaired) electrons. The fraction of sp³-hybridized carbons (Fsp3) is 0.381. The molecule has 1 aromatic carbocycles. The zero-order valence-corrected chi connectivity index (χ0v) is 16.3. The van der Waals surface area contributed by atoms with E-state index < -0.39 is 0 Å². The van der Waals surface area contributed by atoms with E-state index in [-0.39, 0.29) is 11.9 Å². The number of nitrogens with zero attached hydrogens (tertiary/aromatic N) is 4. The van der Waals surface area contributed by atoms with E-state index in [0.717, 1.165) is 55.1 Å². The molecule has 0 aliphatic carbocycles. The molecule has 1 saturated heterocycles. The summed E-state index contributed by atoms with van der Waals surface area (Å²) >= 11 is 0. The molecule has 0 bridgehead atoms. The Hall–Kier alpha value is -2.77. The maximum Gasteiger partial charge on any atom is 0.252 e. The van der Waals surface area contributed by atoms with Gasteiger partial charge in [0.15, 0.2) is 0 Å². The van der Waals surface area contributed by atoms with Crippen LogP contribution in [0.3, 0.4) is 0 Å². The molecule has 2 aromatic heterocycles. The highest BCUT2D eigenvalue weighted by atomic mass is 16.5. The minimum absolute atomic E-state index is 0.0395. The lowest BCUT2D eigenvalue weighted by atomic mass is 10.1. The molecule has 28 heavy (non-hydrogen) atoms. The van der Waals surface area contributed by atoms with Crippen molar-refractivity contribution in [2.45, 2.75) is 13.0 Å². The number of rotatable bonds is 5. The number of carbonyl (C=O) groups excluding carboxylic acids is 1. The van der Waals surface area contributed by atoms with Gasteiger partial charge in [-0.05, 0) is 25.1 Å². The third-order valence-electron chi connectivity index (χ3n) is 5.06. The van der Waals surface area contributed by atoms with Gasteiger partial charge in [-0.3, -0.25) is 14.4 Å². The van der Waals surface area contributed by atoms with Gasteiger partial charge in [0.05, 0.1) is 35.7 Å². The summed E-state index contributed by atoms with van der Waals surface area (Å²) in [4.78, 5) is 20.2. The van der Waals surface area contributed by atoms with Crippen molar-refractivity contribution in [2.24, 2.45) is 7.05 Å². The van der Waals surface area contributed by atoms with E-state index in [9.17, 15) is 4.79 Å². The Bertz CT molecular complexity index is 978. The normalized spacial score (nSPS) is 16.2. The molecule has 0 saturated carbocycles. The maximum atomic E-state index is 13.1. The van der Waals surface area contributed by atoms with Gasteiger partial charge in [0.25, 0.3) is 5.91 Å². The highest BCUT2D eigenvalue weighted by Crippen LogP contribution is 2.24. The number of pyridine rings is 1. The number of amides is 1. The van der Waals surface area contributed by atoms with Crippen molar-refractivity contribution in [2.75, 3.05) is 32.8 Å². The molecule has 7 heteroatoms. The van der Waals surface area contributed by atoms with Crippen molar-refractivity contribution >= 4 is 16.8 Å². The Morgan fingerprint density at radius 3 is 2.79 bits per heavy atom. The first-order valence-electron chi connectivity index (χ1n) is 9.61. The van der Waals surface area contributed by atoms with Crippen molar-refractivity contribution in [3.8, 4) is 11.4 Å². The number of nitrogens with one attached hydrogen (secondary N) is 1. The standard InChI is InChI=1S/C21H25N5O2/c1-15(14-26-9-11-28-12-10-26)23-21(27)17-13-19(20-7-8-22-25(20)2)24-18-6-4-3-5-16(17)18/h3-8,13,15H,9-12,14H2,1-2H3,(H,23,27)/t15-/m1/s1. The summed E-state index contributed by atoms with van der Waals surface area (Å²) < 4.78 is 7.16. The second-order valence-electron chi connectivity index (χ2n) is 7.20. The molecule has 0 unspecified atom stereocenters. The molecule has 3 heterocycles. The number of carbonyl (C=O) groups is 1. The Morgan fingerprint density at radius 1 is 1.25 bits per heavy atom. The summed E-state index contributed by atoms with van der Waals surface area (Å²) in [5, 5.41) is 8.22. The van der Waals surface area contributed by atoms with Gasteiger partial charge in [0, 0.05) is 44.3 Å². The zero-order chi connectivity index (χ0) is 19.5. The first-order valence-corrected chi connectivity index (χ1v) is 9.61. The molecule has 1 atom stereocenters. The summed E-state index contributed by atoms with van der Waals surface area (Å²) in [6.07, 6.45) is 1.73. The third-order valence-corrected chi connectivity index (χ3v) is 5.06. The lowest BCUT2D eigenvalue weighted by Crippen LogP contribution is -2.46. The number of ether oxygens (including phenoxy) is 1. The average molecular weight is 379 g/mol. The van der Waals surface area contributed by atoms with Crippen LogP contribution in [0.2, 0.25) is 0 Å². The quantitative estimate of drug-likeness (QED) is 0.735. The number of aromatic nitrogens is 3. The van der Waals surface area contributed by atoms with Crippen LogP contribution in [-0.4, -0.2) is 64.5 Å². The summed E-state index contributed by atoms with van der Waals surface area (Å²) in [7, 11) is 1.87. The van der Waals surface area contributed by atoms with E-state index in [4.69, 9.17) is 9.72 Å². The van der Waals surface area contributed by atoms with Crippen molar-refractivity contribution in [1.29, 1.82) is 0 Å². The fourth-order valence-corrected chi connectivity index (χ4v) is 3.64. The van der Waals surface area contributed by atoms with Crippen LogP contribution in [0.4, 0.5) is 0 Å². The third kappa shape index (κ3) is 3.90. The Labute approximate surface area is 164 Å². The molecule has 1 amide bonds. The average Bonchev–Trinajstić information content (AvgIpc) is 3.13. The summed E-state index contributed by atoms with van der Waals surface area (Å²) in [5.74, 6) is -0.0808. The molecule has 1 fully saturated rings. The van der Waals surface area contributed by atoms with E-state index in [1.54, 1.807) is 10.9 Å². The van der Waals surface area contributed by atoms with Crippen LogP contribution in [0.1, 0.15) is 17.3 Å². The Balaban J connectivity index is 1.61. The van der Waals surface area contributed by atoms with Crippen LogP contribution in [0.25, 0.3) is 22.3 Å². The monoisotopic (exact) mass is 379 g/mol. The highest BCUT2D eigenvalue weighted by Gasteiger charge is 2.19. The Kier molecular flexibility index (Phi) is 5.36. The summed E-state index contributed by atoms with van der Waals surface area (Å²) in [5.41, 5.74) is 3.05. The molecular weight excluding hydrogens is 354 g/mol. The van der Waals surface area contributed by atoms with Gasteiger partial charge in [-0.1, -0.05) is 18.2 Å². The number of para-hydroxylation sites is 1. The minimum Gasteiger partial charge on any atom is -0.379 e. The number of benzene rings is 1. The summed E-state index contributed by atoms with van der Waals surface area (Å²) in [6.45, 7) is 6.17. The number of morpholine rings is 1. The van der Waals surface area contributed by atoms with Gasteiger partial charge in [0.1, 0.15) is 0 Å². The molecule has 0 spiro atoms. The topological polar surface area (TPSA) is 72.3 Å². The molecule has 1 aliphatic heterocycles. The molecule has 4 rings (SSSR count). The van der Waals surface area contributed by atoms with Crippen molar-refractivity contribution in [3.05, 3.63) is 48.2 Å². The second kappa shape index (κ2) is 8.08. The number of aryl methyl sites for hydroxylation is 1. The van der Waals surface area contributed by atoms with E-state index >= 15 is 0 Å². The summed E-state index contributed by atoms with van der Waals surface area (Å²) in [6, 6.07) is 11.5. The van der Waals surface area contributed by atoms with E-state index in [2.05, 4.69) is 15.3 Å².